The van der Waals surface area contributed by atoms with Gasteiger partial charge in [0.15, 0.2) is 12.0 Å². The van der Waals surface area contributed by atoms with Crippen molar-refractivity contribution in [3.8, 4) is 5.75 Å². The fraction of sp³-hybridized carbons (Fsp3) is 0.462. The van der Waals surface area contributed by atoms with Crippen LogP contribution in [-0.4, -0.2) is 98.1 Å². The van der Waals surface area contributed by atoms with Crippen molar-refractivity contribution < 1.29 is 29.5 Å². The van der Waals surface area contributed by atoms with Crippen LogP contribution in [0.25, 0.3) is 0 Å². The zero-order valence-electron chi connectivity index (χ0n) is 23.0. The van der Waals surface area contributed by atoms with E-state index in [1.54, 1.807) is 12.1 Å². The first kappa shape index (κ1) is 27.5. The molecule has 0 aliphatic carbocycles. The van der Waals surface area contributed by atoms with Gasteiger partial charge in [-0.15, -0.1) is 0 Å². The van der Waals surface area contributed by atoms with Crippen LogP contribution in [0.1, 0.15) is 46.7 Å². The molecule has 1 saturated heterocycles. The molecule has 4 atom stereocenters. The molecule has 1 aromatic carbocycles. The third-order valence-corrected chi connectivity index (χ3v) is 8.53. The van der Waals surface area contributed by atoms with Crippen LogP contribution >= 0.6 is 0 Å². The van der Waals surface area contributed by atoms with Crippen LogP contribution in [0.4, 0.5) is 0 Å². The van der Waals surface area contributed by atoms with E-state index in [4.69, 9.17) is 16.2 Å². The van der Waals surface area contributed by atoms with Gasteiger partial charge in [0.25, 0.3) is 23.0 Å². The fourth-order valence-corrected chi connectivity index (χ4v) is 6.28. The second kappa shape index (κ2) is 9.42. The van der Waals surface area contributed by atoms with Gasteiger partial charge in [-0.1, -0.05) is 26.0 Å². The number of H-pyrrole nitrogens is 1. The minimum atomic E-state index is -2.63. The molecule has 11 N–H and O–H groups in total. The minimum Gasteiger partial charge on any atom is -0.492 e. The second-order valence-corrected chi connectivity index (χ2v) is 11.5. The van der Waals surface area contributed by atoms with Crippen LogP contribution in [0, 0.1) is 0 Å². The van der Waals surface area contributed by atoms with E-state index in [1.165, 1.54) is 11.1 Å². The highest BCUT2D eigenvalue weighted by Gasteiger charge is 2.76. The van der Waals surface area contributed by atoms with Gasteiger partial charge in [0.1, 0.15) is 23.5 Å². The standard InChI is InChI=1S/C26H32N10O6/c1-24(2)6-7-42-18-12(4-3-5-13(18)24)20(38)33-16-11-36-23(28)32-14(8-31-21(39)15-9-30-17(37)10-29-15)19-25(36,26(16,40)41)35-22(27)34-19/h3-5,9-10,14,16,19,40-41H,6-8,11H2,1-2H3,(H2,28,32)(H,30,37)(H,31,39)(H,33,38)(H3,27,34,35)/p+1/t14-,16?,19-,25?/m0/s1. The molecule has 2 unspecified atom stereocenters. The SMILES string of the molecule is CC1(C)CCOc2c(C(=O)NC3CN4C(N)=N[C@@H](CNC(=O)c5c[nH]c(=O)cn5)[C@@H]5[NH+]=C(N)NC54C3(O)O)cccc21. The number of ether oxygens (including phenoxy) is 1. The molecular formula is C26H33N10O6+. The van der Waals surface area contributed by atoms with E-state index in [-0.39, 0.29) is 41.7 Å². The number of hydrogen-bond acceptors (Lipinski definition) is 12. The number of aromatic nitrogens is 2. The first-order valence-corrected chi connectivity index (χ1v) is 13.5. The van der Waals surface area contributed by atoms with Crippen LogP contribution in [0.3, 0.4) is 0 Å². The molecule has 6 rings (SSSR count). The summed E-state index contributed by atoms with van der Waals surface area (Å²) in [6.45, 7) is 4.39. The monoisotopic (exact) mass is 581 g/mol. The van der Waals surface area contributed by atoms with Gasteiger partial charge < -0.3 is 36.3 Å². The lowest BCUT2D eigenvalue weighted by molar-refractivity contribution is -0.521. The van der Waals surface area contributed by atoms with Crippen LogP contribution in [-0.2, 0) is 5.41 Å². The number of hydrogen-bond donors (Lipinski definition) is 9. The first-order chi connectivity index (χ1) is 19.8. The highest BCUT2D eigenvalue weighted by atomic mass is 16.5. The van der Waals surface area contributed by atoms with Crippen molar-refractivity contribution in [2.75, 3.05) is 19.7 Å². The molecule has 222 valence electrons. The molecule has 1 aromatic heterocycles. The fourth-order valence-electron chi connectivity index (χ4n) is 6.28. The minimum absolute atomic E-state index is 0.0277. The number of rotatable bonds is 5. The van der Waals surface area contributed by atoms with Gasteiger partial charge in [-0.25, -0.2) is 15.3 Å². The molecule has 0 radical (unpaired) electrons. The van der Waals surface area contributed by atoms with Gasteiger partial charge in [-0.05, 0) is 17.9 Å². The molecule has 2 amide bonds. The van der Waals surface area contributed by atoms with E-state index in [0.717, 1.165) is 18.2 Å². The normalized spacial score (nSPS) is 28.2. The maximum Gasteiger partial charge on any atom is 0.343 e. The first-order valence-electron chi connectivity index (χ1n) is 13.5. The molecule has 0 saturated carbocycles. The lowest BCUT2D eigenvalue weighted by atomic mass is 9.79. The quantitative estimate of drug-likeness (QED) is 0.151. The number of guanidine groups is 2. The Morgan fingerprint density at radius 2 is 2.05 bits per heavy atom. The summed E-state index contributed by atoms with van der Waals surface area (Å²) in [5.41, 5.74) is 11.2. The number of carbonyl (C=O) groups is 2. The smallest absolute Gasteiger partial charge is 0.343 e. The molecule has 4 aliphatic rings. The van der Waals surface area contributed by atoms with Crippen molar-refractivity contribution in [2.45, 2.75) is 55.3 Å². The summed E-state index contributed by atoms with van der Waals surface area (Å²) in [4.78, 5) is 52.6. The molecule has 1 fully saturated rings. The Hall–Kier alpha value is -4.70. The summed E-state index contributed by atoms with van der Waals surface area (Å²) in [7, 11) is 0. The molecule has 2 aromatic rings. The molecule has 1 spiro atoms. The van der Waals surface area contributed by atoms with Crippen LogP contribution in [0.15, 0.2) is 40.4 Å². The molecule has 42 heavy (non-hydrogen) atoms. The molecule has 16 nitrogen and oxygen atoms in total. The van der Waals surface area contributed by atoms with Crippen molar-refractivity contribution in [1.82, 2.24) is 30.8 Å². The number of para-hydroxylation sites is 1. The largest absolute Gasteiger partial charge is 0.492 e. The lowest BCUT2D eigenvalue weighted by Crippen LogP contribution is -2.90. The van der Waals surface area contributed by atoms with Gasteiger partial charge in [-0.3, -0.25) is 30.0 Å². The highest BCUT2D eigenvalue weighted by Crippen LogP contribution is 2.43. The summed E-state index contributed by atoms with van der Waals surface area (Å²) in [5, 5.41) is 31.8. The Morgan fingerprint density at radius 3 is 2.79 bits per heavy atom. The third kappa shape index (κ3) is 4.05. The Bertz CT molecular complexity index is 1560. The number of nitrogens with zero attached hydrogens (tertiary/aromatic N) is 3. The number of aliphatic imine (C=N–C) groups is 1. The van der Waals surface area contributed by atoms with E-state index in [2.05, 4.69) is 49.8 Å². The van der Waals surface area contributed by atoms with Gasteiger partial charge in [0, 0.05) is 18.3 Å². The number of nitrogens with one attached hydrogen (secondary N) is 5. The number of aliphatic hydroxyl groups is 2. The Kier molecular flexibility index (Phi) is 6.16. The zero-order chi connectivity index (χ0) is 30.0. The van der Waals surface area contributed by atoms with Crippen molar-refractivity contribution in [3.63, 3.8) is 0 Å². The summed E-state index contributed by atoms with van der Waals surface area (Å²) in [6, 6.07) is 2.34. The maximum atomic E-state index is 13.6. The average Bonchev–Trinajstić information content (AvgIpc) is 3.41. The Morgan fingerprint density at radius 1 is 1.26 bits per heavy atom. The highest BCUT2D eigenvalue weighted by molar-refractivity contribution is 5.98. The topological polar surface area (TPSA) is 247 Å². The molecule has 4 aliphatic heterocycles. The number of carbonyl (C=O) groups excluding carboxylic acids is 2. The predicted molar refractivity (Wildman–Crippen MR) is 147 cm³/mol. The number of benzene rings is 1. The summed E-state index contributed by atoms with van der Waals surface area (Å²) in [5.74, 6) is -3.33. The van der Waals surface area contributed by atoms with Crippen molar-refractivity contribution in [1.29, 1.82) is 0 Å². The van der Waals surface area contributed by atoms with Crippen LogP contribution in [0.2, 0.25) is 0 Å². The lowest BCUT2D eigenvalue weighted by Gasteiger charge is -2.46. The van der Waals surface area contributed by atoms with Gasteiger partial charge in [-0.2, -0.15) is 0 Å². The van der Waals surface area contributed by atoms with E-state index in [0.29, 0.717) is 12.4 Å². The third-order valence-electron chi connectivity index (χ3n) is 8.53. The maximum absolute atomic E-state index is 13.6. The number of amides is 2. The molecule has 0 bridgehead atoms. The van der Waals surface area contributed by atoms with Gasteiger partial charge in [0.2, 0.25) is 5.79 Å². The van der Waals surface area contributed by atoms with Crippen LogP contribution in [0.5, 0.6) is 5.75 Å². The van der Waals surface area contributed by atoms with Gasteiger partial charge >= 0.3 is 5.96 Å². The summed E-state index contributed by atoms with van der Waals surface area (Å²) in [6.07, 6.45) is 2.95. The number of nitrogens with two attached hydrogens (primary N) is 2. The molecule has 16 heteroatoms. The zero-order valence-corrected chi connectivity index (χ0v) is 23.0. The van der Waals surface area contributed by atoms with Crippen LogP contribution < -0.4 is 42.7 Å². The Balaban J connectivity index is 1.26. The van der Waals surface area contributed by atoms with Crippen molar-refractivity contribution in [3.05, 3.63) is 57.8 Å². The average molecular weight is 582 g/mol. The van der Waals surface area contributed by atoms with Gasteiger partial charge in [0.05, 0.1) is 24.9 Å². The summed E-state index contributed by atoms with van der Waals surface area (Å²) >= 11 is 0. The molecular weight excluding hydrogens is 548 g/mol. The molecule has 5 heterocycles. The van der Waals surface area contributed by atoms with E-state index in [1.807, 2.05) is 6.07 Å². The van der Waals surface area contributed by atoms with Crippen molar-refractivity contribution >= 4 is 23.7 Å². The number of fused-ring (bicyclic) bond motifs is 1. The summed E-state index contributed by atoms with van der Waals surface area (Å²) < 4.78 is 5.89. The van der Waals surface area contributed by atoms with E-state index >= 15 is 0 Å². The number of aromatic amines is 1. The van der Waals surface area contributed by atoms with E-state index < -0.39 is 46.9 Å². The van der Waals surface area contributed by atoms with Crippen molar-refractivity contribution in [2.24, 2.45) is 16.5 Å². The Labute approximate surface area is 239 Å². The second-order valence-electron chi connectivity index (χ2n) is 11.5. The predicted octanol–water partition coefficient (Wildman–Crippen LogP) is -4.88. The van der Waals surface area contributed by atoms with E-state index in [9.17, 15) is 24.6 Å².